The van der Waals surface area contributed by atoms with Gasteiger partial charge in [-0.15, -0.1) is 11.3 Å². The number of nitrogens with zero attached hydrogens (tertiary/aromatic N) is 4. The number of aromatic carboxylic acids is 1. The molecule has 8 heteroatoms. The summed E-state index contributed by atoms with van der Waals surface area (Å²) in [6.45, 7) is 1.92. The second kappa shape index (κ2) is 5.99. The molecule has 0 saturated heterocycles. The number of benzene rings is 1. The first-order chi connectivity index (χ1) is 12.1. The van der Waals surface area contributed by atoms with Crippen molar-refractivity contribution in [3.8, 4) is 11.4 Å². The number of nitrogens with one attached hydrogen (secondary N) is 1. The molecule has 0 fully saturated rings. The SMILES string of the molecule is Cc1nc2ncccn2c1-c1csc(Nc2cccc(C(=O)[O-])c2)n1. The van der Waals surface area contributed by atoms with Crippen LogP contribution in [0.2, 0.25) is 0 Å². The maximum absolute atomic E-state index is 11.0. The second-order valence-corrected chi connectivity index (χ2v) is 6.22. The van der Waals surface area contributed by atoms with Gasteiger partial charge in [-0.25, -0.2) is 15.0 Å². The Bertz CT molecular complexity index is 1090. The highest BCUT2D eigenvalue weighted by atomic mass is 32.1. The fourth-order valence-electron chi connectivity index (χ4n) is 2.59. The van der Waals surface area contributed by atoms with Crippen LogP contribution in [0.25, 0.3) is 17.2 Å². The van der Waals surface area contributed by atoms with E-state index in [1.54, 1.807) is 18.3 Å². The summed E-state index contributed by atoms with van der Waals surface area (Å²) in [5.74, 6) is -0.587. The van der Waals surface area contributed by atoms with Crippen LogP contribution in [0.4, 0.5) is 10.8 Å². The van der Waals surface area contributed by atoms with Crippen LogP contribution in [-0.2, 0) is 0 Å². The van der Waals surface area contributed by atoms with Gasteiger partial charge < -0.3 is 15.2 Å². The third kappa shape index (κ3) is 2.83. The van der Waals surface area contributed by atoms with Crippen molar-refractivity contribution < 1.29 is 9.90 Å². The Hall–Kier alpha value is -3.26. The summed E-state index contributed by atoms with van der Waals surface area (Å²) in [4.78, 5) is 24.2. The van der Waals surface area contributed by atoms with E-state index in [1.165, 1.54) is 23.5 Å². The maximum atomic E-state index is 11.0. The van der Waals surface area contributed by atoms with Gasteiger partial charge in [-0.2, -0.15) is 0 Å². The fourth-order valence-corrected chi connectivity index (χ4v) is 3.31. The monoisotopic (exact) mass is 350 g/mol. The Labute approximate surface area is 146 Å². The molecule has 0 bridgehead atoms. The van der Waals surface area contributed by atoms with Crippen molar-refractivity contribution in [2.45, 2.75) is 6.92 Å². The average Bonchev–Trinajstić information content (AvgIpc) is 3.18. The van der Waals surface area contributed by atoms with Crippen LogP contribution >= 0.6 is 11.3 Å². The first kappa shape index (κ1) is 15.3. The third-order valence-electron chi connectivity index (χ3n) is 3.67. The molecule has 0 radical (unpaired) electrons. The van der Waals surface area contributed by atoms with Crippen LogP contribution in [0, 0.1) is 6.92 Å². The fraction of sp³-hybridized carbons (Fsp3) is 0.0588. The molecule has 0 unspecified atom stereocenters. The molecule has 25 heavy (non-hydrogen) atoms. The van der Waals surface area contributed by atoms with Crippen LogP contribution in [0.5, 0.6) is 0 Å². The van der Waals surface area contributed by atoms with Gasteiger partial charge in [-0.05, 0) is 30.7 Å². The average molecular weight is 350 g/mol. The molecule has 4 aromatic rings. The molecule has 0 atom stereocenters. The molecule has 124 valence electrons. The predicted molar refractivity (Wildman–Crippen MR) is 92.9 cm³/mol. The van der Waals surface area contributed by atoms with Gasteiger partial charge in [-0.1, -0.05) is 12.1 Å². The van der Waals surface area contributed by atoms with Crippen molar-refractivity contribution in [3.05, 3.63) is 59.4 Å². The van der Waals surface area contributed by atoms with E-state index < -0.39 is 5.97 Å². The number of aryl methyl sites for hydroxylation is 1. The van der Waals surface area contributed by atoms with Crippen LogP contribution < -0.4 is 10.4 Å². The number of hydrogen-bond acceptors (Lipinski definition) is 7. The number of anilines is 2. The van der Waals surface area contributed by atoms with Gasteiger partial charge in [0.2, 0.25) is 5.78 Å². The summed E-state index contributed by atoms with van der Waals surface area (Å²) < 4.78 is 1.89. The number of rotatable bonds is 4. The van der Waals surface area contributed by atoms with Crippen molar-refractivity contribution in [2.24, 2.45) is 0 Å². The van der Waals surface area contributed by atoms with E-state index in [4.69, 9.17) is 0 Å². The Kier molecular flexibility index (Phi) is 3.66. The molecule has 7 nitrogen and oxygen atoms in total. The molecular formula is C17H12N5O2S-. The van der Waals surface area contributed by atoms with E-state index >= 15 is 0 Å². The van der Waals surface area contributed by atoms with Gasteiger partial charge in [-0.3, -0.25) is 4.40 Å². The standard InChI is InChI=1S/C17H13N5O2S/c1-10-14(22-7-3-6-18-16(22)19-10)13-9-25-17(21-13)20-12-5-2-4-11(8-12)15(23)24/h2-9H,1H3,(H,20,21)(H,23,24)/p-1. The van der Waals surface area contributed by atoms with E-state index in [0.29, 0.717) is 16.6 Å². The number of aromatic nitrogens is 4. The lowest BCUT2D eigenvalue weighted by atomic mass is 10.2. The van der Waals surface area contributed by atoms with Crippen LogP contribution in [-0.4, -0.2) is 25.3 Å². The molecule has 1 aromatic carbocycles. The molecule has 1 N–H and O–H groups in total. The van der Waals surface area contributed by atoms with E-state index in [9.17, 15) is 9.90 Å². The number of carboxylic acid groups (broad SMARTS) is 1. The van der Waals surface area contributed by atoms with Gasteiger partial charge >= 0.3 is 0 Å². The highest BCUT2D eigenvalue weighted by Crippen LogP contribution is 2.29. The van der Waals surface area contributed by atoms with E-state index in [-0.39, 0.29) is 5.56 Å². The number of carbonyl (C=O) groups excluding carboxylic acids is 1. The minimum Gasteiger partial charge on any atom is -0.545 e. The molecule has 0 spiro atoms. The van der Waals surface area contributed by atoms with E-state index in [1.807, 2.05) is 29.0 Å². The van der Waals surface area contributed by atoms with Crippen molar-refractivity contribution in [1.82, 2.24) is 19.4 Å². The summed E-state index contributed by atoms with van der Waals surface area (Å²) in [7, 11) is 0. The van der Waals surface area contributed by atoms with Crippen LogP contribution in [0.3, 0.4) is 0 Å². The molecule has 0 aliphatic carbocycles. The normalized spacial score (nSPS) is 10.9. The molecule has 0 amide bonds. The molecule has 0 aliphatic heterocycles. The topological polar surface area (TPSA) is 95.2 Å². The number of carbonyl (C=O) groups is 1. The van der Waals surface area contributed by atoms with Crippen LogP contribution in [0.1, 0.15) is 16.1 Å². The van der Waals surface area contributed by atoms with Gasteiger partial charge in [0.15, 0.2) is 5.13 Å². The zero-order chi connectivity index (χ0) is 17.4. The number of imidazole rings is 1. The molecule has 0 saturated carbocycles. The number of thiazole rings is 1. The molecule has 0 aliphatic rings. The third-order valence-corrected chi connectivity index (χ3v) is 4.43. The highest BCUT2D eigenvalue weighted by Gasteiger charge is 2.14. The highest BCUT2D eigenvalue weighted by molar-refractivity contribution is 7.14. The first-order valence-corrected chi connectivity index (χ1v) is 8.34. The van der Waals surface area contributed by atoms with Crippen molar-refractivity contribution in [1.29, 1.82) is 0 Å². The number of fused-ring (bicyclic) bond motifs is 1. The lowest BCUT2D eigenvalue weighted by Gasteiger charge is -2.06. The summed E-state index contributed by atoms with van der Waals surface area (Å²) in [5.41, 5.74) is 3.26. The maximum Gasteiger partial charge on any atom is 0.234 e. The Balaban J connectivity index is 1.67. The summed E-state index contributed by atoms with van der Waals surface area (Å²) in [5, 5.41) is 16.7. The molecule has 3 heterocycles. The van der Waals surface area contributed by atoms with Crippen molar-refractivity contribution in [3.63, 3.8) is 0 Å². The van der Waals surface area contributed by atoms with Gasteiger partial charge in [0.05, 0.1) is 17.4 Å². The first-order valence-electron chi connectivity index (χ1n) is 7.46. The Morgan fingerprint density at radius 1 is 1.28 bits per heavy atom. The van der Waals surface area contributed by atoms with E-state index in [0.717, 1.165) is 17.1 Å². The Morgan fingerprint density at radius 2 is 2.16 bits per heavy atom. The lowest BCUT2D eigenvalue weighted by Crippen LogP contribution is -2.22. The largest absolute Gasteiger partial charge is 0.545 e. The number of hydrogen-bond donors (Lipinski definition) is 1. The lowest BCUT2D eigenvalue weighted by molar-refractivity contribution is -0.255. The van der Waals surface area contributed by atoms with Gasteiger partial charge in [0, 0.05) is 23.5 Å². The Morgan fingerprint density at radius 3 is 3.00 bits per heavy atom. The minimum absolute atomic E-state index is 0.116. The second-order valence-electron chi connectivity index (χ2n) is 5.37. The zero-order valence-electron chi connectivity index (χ0n) is 13.1. The van der Waals surface area contributed by atoms with Crippen LogP contribution in [0.15, 0.2) is 48.1 Å². The summed E-state index contributed by atoms with van der Waals surface area (Å²) >= 11 is 1.43. The smallest absolute Gasteiger partial charge is 0.234 e. The van der Waals surface area contributed by atoms with Crippen molar-refractivity contribution in [2.75, 3.05) is 5.32 Å². The van der Waals surface area contributed by atoms with Crippen molar-refractivity contribution >= 4 is 33.9 Å². The minimum atomic E-state index is -1.21. The summed E-state index contributed by atoms with van der Waals surface area (Å²) in [6.07, 6.45) is 3.59. The molecule has 3 aromatic heterocycles. The zero-order valence-corrected chi connectivity index (χ0v) is 13.9. The van der Waals surface area contributed by atoms with Gasteiger partial charge in [0.25, 0.3) is 0 Å². The number of carboxylic acids is 1. The molecule has 4 rings (SSSR count). The van der Waals surface area contributed by atoms with E-state index in [2.05, 4.69) is 20.3 Å². The van der Waals surface area contributed by atoms with Gasteiger partial charge in [0.1, 0.15) is 5.69 Å². The predicted octanol–water partition coefficient (Wildman–Crippen LogP) is 2.27. The quantitative estimate of drug-likeness (QED) is 0.607. The molecular weight excluding hydrogens is 338 g/mol. The summed E-state index contributed by atoms with van der Waals surface area (Å²) in [6, 6.07) is 8.27.